The number of phenolic OH excluding ortho intramolecular Hbond substituents is 2. The Labute approximate surface area is 122 Å². The lowest BCUT2D eigenvalue weighted by atomic mass is 9.97. The highest BCUT2D eigenvalue weighted by Crippen LogP contribution is 2.25. The van der Waals surface area contributed by atoms with Gasteiger partial charge < -0.3 is 20.1 Å². The highest BCUT2D eigenvalue weighted by atomic mass is 16.5. The second kappa shape index (κ2) is 6.17. The van der Waals surface area contributed by atoms with Crippen LogP contribution < -0.4 is 0 Å². The van der Waals surface area contributed by atoms with E-state index in [0.29, 0.717) is 12.2 Å². The number of hydrogen-bond acceptors (Lipinski definition) is 5. The van der Waals surface area contributed by atoms with E-state index in [4.69, 9.17) is 4.74 Å². The minimum atomic E-state index is -0.419. The summed E-state index contributed by atoms with van der Waals surface area (Å²) in [5.74, 6) is -0.289. The molecule has 0 fully saturated rings. The SMILES string of the molecule is COC1=C(O)CC(/C=C/C(=O)c2cc(O)ccc2O)C=C1. The van der Waals surface area contributed by atoms with Crippen molar-refractivity contribution in [2.24, 2.45) is 5.92 Å². The average molecular weight is 288 g/mol. The normalized spacial score (nSPS) is 18.2. The topological polar surface area (TPSA) is 87.0 Å². The van der Waals surface area contributed by atoms with E-state index in [1.54, 1.807) is 12.2 Å². The van der Waals surface area contributed by atoms with Crippen LogP contribution in [0.3, 0.4) is 0 Å². The largest absolute Gasteiger partial charge is 0.508 e. The fraction of sp³-hybridized carbons (Fsp3) is 0.188. The summed E-state index contributed by atoms with van der Waals surface area (Å²) >= 11 is 0. The summed E-state index contributed by atoms with van der Waals surface area (Å²) < 4.78 is 4.97. The molecule has 0 amide bonds. The molecule has 0 bridgehead atoms. The smallest absolute Gasteiger partial charge is 0.189 e. The lowest BCUT2D eigenvalue weighted by Crippen LogP contribution is -2.05. The molecule has 0 aliphatic heterocycles. The van der Waals surface area contributed by atoms with Crippen molar-refractivity contribution < 1.29 is 24.9 Å². The first-order valence-corrected chi connectivity index (χ1v) is 6.40. The van der Waals surface area contributed by atoms with Gasteiger partial charge in [0.15, 0.2) is 11.5 Å². The van der Waals surface area contributed by atoms with Gasteiger partial charge in [0.1, 0.15) is 17.3 Å². The van der Waals surface area contributed by atoms with Crippen molar-refractivity contribution >= 4 is 5.78 Å². The number of aliphatic hydroxyl groups excluding tert-OH is 1. The molecule has 5 heteroatoms. The van der Waals surface area contributed by atoms with Crippen LogP contribution in [-0.4, -0.2) is 28.2 Å². The van der Waals surface area contributed by atoms with Gasteiger partial charge in [-0.05, 0) is 30.4 Å². The van der Waals surface area contributed by atoms with Gasteiger partial charge in [-0.25, -0.2) is 0 Å². The molecule has 21 heavy (non-hydrogen) atoms. The van der Waals surface area contributed by atoms with Gasteiger partial charge in [0, 0.05) is 12.3 Å². The molecule has 0 aromatic heterocycles. The van der Waals surface area contributed by atoms with Gasteiger partial charge in [-0.3, -0.25) is 4.79 Å². The lowest BCUT2D eigenvalue weighted by molar-refractivity contribution is 0.104. The maximum absolute atomic E-state index is 12.0. The molecule has 1 unspecified atom stereocenters. The molecule has 5 nitrogen and oxygen atoms in total. The zero-order valence-electron chi connectivity index (χ0n) is 11.5. The summed E-state index contributed by atoms with van der Waals surface area (Å²) in [6, 6.07) is 3.77. The number of ketones is 1. The first-order valence-electron chi connectivity index (χ1n) is 6.40. The third-order valence-corrected chi connectivity index (χ3v) is 3.17. The Morgan fingerprint density at radius 2 is 2.10 bits per heavy atom. The standard InChI is InChI=1S/C16H16O5/c1-21-16-7-3-10(8-15(16)20)2-5-13(18)12-9-11(17)4-6-14(12)19/h2-7,9-10,17,19-20H,8H2,1H3/b5-2+. The zero-order valence-corrected chi connectivity index (χ0v) is 11.5. The number of rotatable bonds is 4. The van der Waals surface area contributed by atoms with Crippen LogP contribution in [0.4, 0.5) is 0 Å². The number of ether oxygens (including phenoxy) is 1. The van der Waals surface area contributed by atoms with E-state index < -0.39 is 5.78 Å². The number of hydrogen-bond donors (Lipinski definition) is 3. The number of aliphatic hydroxyl groups is 1. The molecule has 0 heterocycles. The molecule has 1 aromatic rings. The van der Waals surface area contributed by atoms with Crippen molar-refractivity contribution in [3.8, 4) is 11.5 Å². The van der Waals surface area contributed by atoms with Gasteiger partial charge >= 0.3 is 0 Å². The summed E-state index contributed by atoms with van der Waals surface area (Å²) in [4.78, 5) is 12.0. The van der Waals surface area contributed by atoms with Crippen LogP contribution in [0.2, 0.25) is 0 Å². The minimum absolute atomic E-state index is 0.0309. The molecule has 3 N–H and O–H groups in total. The van der Waals surface area contributed by atoms with Gasteiger partial charge in [0.25, 0.3) is 0 Å². The maximum Gasteiger partial charge on any atom is 0.189 e. The van der Waals surface area contributed by atoms with E-state index in [1.807, 2.05) is 6.08 Å². The Hall–Kier alpha value is -2.69. The fourth-order valence-corrected chi connectivity index (χ4v) is 2.04. The number of allylic oxidation sites excluding steroid dienone is 5. The summed E-state index contributed by atoms with van der Waals surface area (Å²) in [5, 5.41) is 28.7. The first kappa shape index (κ1) is 14.7. The molecule has 0 radical (unpaired) electrons. The first-order chi connectivity index (χ1) is 10.0. The van der Waals surface area contributed by atoms with Crippen LogP contribution in [0.15, 0.2) is 54.0 Å². The van der Waals surface area contributed by atoms with Crippen LogP contribution in [-0.2, 0) is 4.74 Å². The Morgan fingerprint density at radius 1 is 1.33 bits per heavy atom. The summed E-state index contributed by atoms with van der Waals surface area (Å²) in [7, 11) is 1.47. The summed E-state index contributed by atoms with van der Waals surface area (Å²) in [6.45, 7) is 0. The molecule has 1 aliphatic carbocycles. The summed E-state index contributed by atoms with van der Waals surface area (Å²) in [6.07, 6.45) is 6.74. The van der Waals surface area contributed by atoms with Crippen molar-refractivity contribution in [3.05, 3.63) is 59.6 Å². The maximum atomic E-state index is 12.0. The second-order valence-corrected chi connectivity index (χ2v) is 4.67. The van der Waals surface area contributed by atoms with Crippen LogP contribution in [0.1, 0.15) is 16.8 Å². The van der Waals surface area contributed by atoms with Gasteiger partial charge in [-0.2, -0.15) is 0 Å². The van der Waals surface area contributed by atoms with Gasteiger partial charge in [0.2, 0.25) is 0 Å². The van der Waals surface area contributed by atoms with Gasteiger partial charge in [-0.15, -0.1) is 0 Å². The lowest BCUT2D eigenvalue weighted by Gasteiger charge is -2.15. The molecule has 1 atom stereocenters. The van der Waals surface area contributed by atoms with E-state index in [9.17, 15) is 20.1 Å². The van der Waals surface area contributed by atoms with Crippen LogP contribution in [0.25, 0.3) is 0 Å². The molecule has 0 spiro atoms. The number of phenols is 2. The second-order valence-electron chi connectivity index (χ2n) is 4.67. The molecule has 1 aliphatic rings. The Balaban J connectivity index is 2.09. The van der Waals surface area contributed by atoms with E-state index in [1.165, 1.54) is 31.4 Å². The van der Waals surface area contributed by atoms with Crippen molar-refractivity contribution in [2.45, 2.75) is 6.42 Å². The number of aromatic hydroxyl groups is 2. The fourth-order valence-electron chi connectivity index (χ4n) is 2.04. The quantitative estimate of drug-likeness (QED) is 0.450. The Morgan fingerprint density at radius 3 is 2.76 bits per heavy atom. The summed E-state index contributed by atoms with van der Waals surface area (Å²) in [5.41, 5.74) is 0.0309. The van der Waals surface area contributed by atoms with Crippen molar-refractivity contribution in [1.29, 1.82) is 0 Å². The van der Waals surface area contributed by atoms with Crippen LogP contribution in [0.5, 0.6) is 11.5 Å². The van der Waals surface area contributed by atoms with E-state index in [2.05, 4.69) is 0 Å². The molecule has 0 saturated carbocycles. The van der Waals surface area contributed by atoms with E-state index in [-0.39, 0.29) is 28.7 Å². The highest BCUT2D eigenvalue weighted by molar-refractivity contribution is 6.06. The average Bonchev–Trinajstić information content (AvgIpc) is 2.47. The molecule has 2 rings (SSSR count). The molecule has 1 aromatic carbocycles. The zero-order chi connectivity index (χ0) is 15.4. The minimum Gasteiger partial charge on any atom is -0.508 e. The van der Waals surface area contributed by atoms with Crippen LogP contribution in [0, 0.1) is 5.92 Å². The van der Waals surface area contributed by atoms with Crippen LogP contribution >= 0.6 is 0 Å². The highest BCUT2D eigenvalue weighted by Gasteiger charge is 2.15. The molecular weight excluding hydrogens is 272 g/mol. The molecular formula is C16H16O5. The third kappa shape index (κ3) is 3.45. The monoisotopic (exact) mass is 288 g/mol. The van der Waals surface area contributed by atoms with E-state index in [0.717, 1.165) is 0 Å². The Bertz CT molecular complexity index is 640. The van der Waals surface area contributed by atoms with Gasteiger partial charge in [0.05, 0.1) is 12.7 Å². The number of carbonyl (C=O) groups is 1. The third-order valence-electron chi connectivity index (χ3n) is 3.17. The van der Waals surface area contributed by atoms with Crippen molar-refractivity contribution in [2.75, 3.05) is 7.11 Å². The molecule has 110 valence electrons. The Kier molecular flexibility index (Phi) is 4.33. The van der Waals surface area contributed by atoms with Gasteiger partial charge in [-0.1, -0.05) is 12.2 Å². The number of methoxy groups -OCH3 is 1. The predicted molar refractivity (Wildman–Crippen MR) is 77.2 cm³/mol. The van der Waals surface area contributed by atoms with Crippen molar-refractivity contribution in [3.63, 3.8) is 0 Å². The number of carbonyl (C=O) groups excluding carboxylic acids is 1. The van der Waals surface area contributed by atoms with Crippen molar-refractivity contribution in [1.82, 2.24) is 0 Å². The number of benzene rings is 1. The predicted octanol–water partition coefficient (Wildman–Crippen LogP) is 2.83. The van der Waals surface area contributed by atoms with E-state index >= 15 is 0 Å². The molecule has 0 saturated heterocycles.